The van der Waals surface area contributed by atoms with Gasteiger partial charge in [0.1, 0.15) is 0 Å². The molecule has 6 heteroatoms. The van der Waals surface area contributed by atoms with Crippen LogP contribution in [0.5, 0.6) is 0 Å². The Kier molecular flexibility index (Phi) is 4.06. The summed E-state index contributed by atoms with van der Waals surface area (Å²) in [5.41, 5.74) is 1.19. The van der Waals surface area contributed by atoms with Gasteiger partial charge in [-0.3, -0.25) is 4.79 Å². The van der Waals surface area contributed by atoms with E-state index in [0.717, 1.165) is 25.9 Å². The molecule has 3 amide bonds. The van der Waals surface area contributed by atoms with Crippen molar-refractivity contribution in [3.63, 3.8) is 0 Å². The molecule has 1 aromatic rings. The van der Waals surface area contributed by atoms with Crippen molar-refractivity contribution < 1.29 is 9.59 Å². The Morgan fingerprint density at radius 2 is 2.05 bits per heavy atom. The van der Waals surface area contributed by atoms with E-state index in [-0.39, 0.29) is 11.9 Å². The number of anilines is 1. The molecule has 1 aliphatic carbocycles. The minimum Gasteiger partial charge on any atom is -0.352 e. The number of benzene rings is 1. The molecule has 2 aliphatic rings. The lowest BCUT2D eigenvalue weighted by atomic mass is 10.0. The molecule has 0 unspecified atom stereocenters. The van der Waals surface area contributed by atoms with E-state index < -0.39 is 0 Å². The highest BCUT2D eigenvalue weighted by atomic mass is 16.2. The lowest BCUT2D eigenvalue weighted by Gasteiger charge is -2.27. The molecule has 0 bridgehead atoms. The van der Waals surface area contributed by atoms with Crippen molar-refractivity contribution in [2.75, 3.05) is 25.0 Å². The van der Waals surface area contributed by atoms with Gasteiger partial charge in [0.15, 0.2) is 0 Å². The van der Waals surface area contributed by atoms with Crippen LogP contribution in [0.1, 0.15) is 23.2 Å². The van der Waals surface area contributed by atoms with Crippen LogP contribution in [0.15, 0.2) is 24.3 Å². The van der Waals surface area contributed by atoms with Crippen LogP contribution in [-0.2, 0) is 0 Å². The zero-order valence-electron chi connectivity index (χ0n) is 11.8. The molecule has 0 atom stereocenters. The largest absolute Gasteiger partial charge is 0.352 e. The average molecular weight is 288 g/mol. The first kappa shape index (κ1) is 13.9. The van der Waals surface area contributed by atoms with Crippen molar-refractivity contribution in [2.24, 2.45) is 5.92 Å². The van der Waals surface area contributed by atoms with Gasteiger partial charge in [0.2, 0.25) is 0 Å². The fourth-order valence-corrected chi connectivity index (χ4v) is 2.15. The van der Waals surface area contributed by atoms with Crippen LogP contribution in [0.2, 0.25) is 0 Å². The molecular weight excluding hydrogens is 268 g/mol. The number of nitrogens with one attached hydrogen (secondary N) is 4. The molecule has 0 aromatic heterocycles. The summed E-state index contributed by atoms with van der Waals surface area (Å²) < 4.78 is 0. The highest BCUT2D eigenvalue weighted by Gasteiger charge is 2.23. The van der Waals surface area contributed by atoms with E-state index in [0.29, 0.717) is 29.8 Å². The van der Waals surface area contributed by atoms with E-state index >= 15 is 0 Å². The van der Waals surface area contributed by atoms with Crippen LogP contribution in [0.3, 0.4) is 0 Å². The molecule has 21 heavy (non-hydrogen) atoms. The molecule has 4 N–H and O–H groups in total. The van der Waals surface area contributed by atoms with Crippen LogP contribution in [0.4, 0.5) is 10.5 Å². The maximum atomic E-state index is 12.1. The lowest BCUT2D eigenvalue weighted by Crippen LogP contribution is -2.48. The first-order valence-electron chi connectivity index (χ1n) is 7.37. The topological polar surface area (TPSA) is 82.3 Å². The number of carbonyl (C=O) groups excluding carboxylic acids is 2. The van der Waals surface area contributed by atoms with E-state index in [1.54, 1.807) is 24.3 Å². The van der Waals surface area contributed by atoms with Gasteiger partial charge in [-0.2, -0.15) is 0 Å². The van der Waals surface area contributed by atoms with E-state index in [9.17, 15) is 9.59 Å². The monoisotopic (exact) mass is 288 g/mol. The average Bonchev–Trinajstić information content (AvgIpc) is 3.20. The molecule has 0 radical (unpaired) electrons. The fraction of sp³-hybridized carbons (Fsp3) is 0.467. The summed E-state index contributed by atoms with van der Waals surface area (Å²) in [4.78, 5) is 23.7. The maximum Gasteiger partial charge on any atom is 0.319 e. The molecule has 6 nitrogen and oxygen atoms in total. The molecule has 1 heterocycles. The molecular formula is C15H20N4O2. The van der Waals surface area contributed by atoms with Gasteiger partial charge in [-0.1, -0.05) is 6.07 Å². The third kappa shape index (κ3) is 3.95. The Labute approximate surface area is 123 Å². The summed E-state index contributed by atoms with van der Waals surface area (Å²) in [5, 5.41) is 11.7. The zero-order chi connectivity index (χ0) is 14.7. The van der Waals surface area contributed by atoms with Gasteiger partial charge in [0.25, 0.3) is 5.91 Å². The highest BCUT2D eigenvalue weighted by Crippen LogP contribution is 2.19. The summed E-state index contributed by atoms with van der Waals surface area (Å²) in [5.74, 6) is 0.424. The van der Waals surface area contributed by atoms with Gasteiger partial charge in [-0.05, 0) is 31.0 Å². The van der Waals surface area contributed by atoms with Crippen LogP contribution < -0.4 is 21.3 Å². The smallest absolute Gasteiger partial charge is 0.319 e. The molecule has 112 valence electrons. The maximum absolute atomic E-state index is 12.1. The van der Waals surface area contributed by atoms with Gasteiger partial charge in [-0.15, -0.1) is 0 Å². The normalized spacial score (nSPS) is 17.7. The fourth-order valence-electron chi connectivity index (χ4n) is 2.15. The number of amides is 3. The number of carbonyl (C=O) groups is 2. The van der Waals surface area contributed by atoms with Crippen molar-refractivity contribution in [1.82, 2.24) is 16.0 Å². The third-order valence-electron chi connectivity index (χ3n) is 3.71. The Balaban J connectivity index is 1.53. The minimum absolute atomic E-state index is 0.104. The van der Waals surface area contributed by atoms with Crippen molar-refractivity contribution in [1.29, 1.82) is 0 Å². The second-order valence-corrected chi connectivity index (χ2v) is 5.69. The van der Waals surface area contributed by atoms with Crippen molar-refractivity contribution in [2.45, 2.75) is 18.9 Å². The molecule has 1 aliphatic heterocycles. The van der Waals surface area contributed by atoms with Crippen LogP contribution >= 0.6 is 0 Å². The second kappa shape index (κ2) is 6.13. The number of hydrogen-bond donors (Lipinski definition) is 4. The van der Waals surface area contributed by atoms with Crippen LogP contribution in [-0.4, -0.2) is 37.6 Å². The van der Waals surface area contributed by atoms with Gasteiger partial charge in [0.05, 0.1) is 0 Å². The molecule has 1 saturated carbocycles. The first-order valence-corrected chi connectivity index (χ1v) is 7.37. The highest BCUT2D eigenvalue weighted by molar-refractivity contribution is 5.96. The summed E-state index contributed by atoms with van der Waals surface area (Å²) in [6.07, 6.45) is 2.10. The summed E-state index contributed by atoms with van der Waals surface area (Å²) >= 11 is 0. The van der Waals surface area contributed by atoms with Crippen LogP contribution in [0, 0.1) is 5.92 Å². The standard InChI is InChI=1S/C15H20N4O2/c20-14(17-9-10-7-16-8-10)11-2-1-3-13(6-11)19-15(21)18-12-4-5-12/h1-3,6,10,12,16H,4-5,7-9H2,(H,17,20)(H2,18,19,21). The van der Waals surface area contributed by atoms with Gasteiger partial charge in [0, 0.05) is 42.8 Å². The molecule has 3 rings (SSSR count). The second-order valence-electron chi connectivity index (χ2n) is 5.69. The Morgan fingerprint density at radius 3 is 2.71 bits per heavy atom. The van der Waals surface area contributed by atoms with Crippen molar-refractivity contribution >= 4 is 17.6 Å². The van der Waals surface area contributed by atoms with E-state index in [1.165, 1.54) is 0 Å². The van der Waals surface area contributed by atoms with Gasteiger partial charge >= 0.3 is 6.03 Å². The number of hydrogen-bond acceptors (Lipinski definition) is 3. The summed E-state index contributed by atoms with van der Waals surface area (Å²) in [7, 11) is 0. The lowest BCUT2D eigenvalue weighted by molar-refractivity contribution is 0.0942. The number of urea groups is 1. The molecule has 2 fully saturated rings. The Hall–Kier alpha value is -2.08. The predicted molar refractivity (Wildman–Crippen MR) is 80.3 cm³/mol. The predicted octanol–water partition coefficient (Wildman–Crippen LogP) is 0.920. The van der Waals surface area contributed by atoms with Gasteiger partial charge in [-0.25, -0.2) is 4.79 Å². The Bertz CT molecular complexity index is 538. The molecule has 1 saturated heterocycles. The summed E-state index contributed by atoms with van der Waals surface area (Å²) in [6, 6.07) is 7.09. The van der Waals surface area contributed by atoms with Crippen LogP contribution in [0.25, 0.3) is 0 Å². The molecule has 1 aromatic carbocycles. The minimum atomic E-state index is -0.212. The Morgan fingerprint density at radius 1 is 1.24 bits per heavy atom. The number of rotatable bonds is 5. The third-order valence-corrected chi connectivity index (χ3v) is 3.71. The quantitative estimate of drug-likeness (QED) is 0.650. The van der Waals surface area contributed by atoms with Crippen molar-refractivity contribution in [3.05, 3.63) is 29.8 Å². The van der Waals surface area contributed by atoms with E-state index in [2.05, 4.69) is 21.3 Å². The zero-order valence-corrected chi connectivity index (χ0v) is 11.8. The SMILES string of the molecule is O=C(Nc1cccc(C(=O)NCC2CNC2)c1)NC1CC1. The molecule has 0 spiro atoms. The van der Waals surface area contributed by atoms with Crippen molar-refractivity contribution in [3.8, 4) is 0 Å². The first-order chi connectivity index (χ1) is 10.2. The van der Waals surface area contributed by atoms with E-state index in [1.807, 2.05) is 0 Å². The summed E-state index contributed by atoms with van der Waals surface area (Å²) in [6.45, 7) is 2.61. The van der Waals surface area contributed by atoms with Gasteiger partial charge < -0.3 is 21.3 Å². The van der Waals surface area contributed by atoms with E-state index in [4.69, 9.17) is 0 Å².